The predicted octanol–water partition coefficient (Wildman–Crippen LogP) is 5.29. The molecule has 0 aliphatic rings. The van der Waals surface area contributed by atoms with Crippen molar-refractivity contribution in [2.75, 3.05) is 17.4 Å². The molecule has 3 aromatic carbocycles. The zero-order valence-corrected chi connectivity index (χ0v) is 24.3. The highest BCUT2D eigenvalue weighted by Gasteiger charge is 2.32. The Balaban J connectivity index is 1.97. The molecule has 7 nitrogen and oxygen atoms in total. The van der Waals surface area contributed by atoms with E-state index in [-0.39, 0.29) is 17.3 Å². The normalized spacial score (nSPS) is 12.0. The van der Waals surface area contributed by atoms with Gasteiger partial charge >= 0.3 is 0 Å². The second-order valence-electron chi connectivity index (χ2n) is 9.13. The summed E-state index contributed by atoms with van der Waals surface area (Å²) in [5, 5.41) is 2.89. The Kier molecular flexibility index (Phi) is 10.5. The third-order valence-corrected chi connectivity index (χ3v) is 8.51. The van der Waals surface area contributed by atoms with Gasteiger partial charge in [0.2, 0.25) is 11.8 Å². The minimum absolute atomic E-state index is 0.0817. The number of carbonyl (C=O) groups excluding carboxylic acids is 2. The van der Waals surface area contributed by atoms with Gasteiger partial charge in [0, 0.05) is 17.6 Å². The number of hydrogen-bond donors (Lipinski definition) is 1. The number of aryl methyl sites for hydroxylation is 1. The molecule has 0 fully saturated rings. The Morgan fingerprint density at radius 1 is 0.947 bits per heavy atom. The van der Waals surface area contributed by atoms with E-state index in [0.29, 0.717) is 12.2 Å². The largest absolute Gasteiger partial charge is 0.354 e. The van der Waals surface area contributed by atoms with Crippen molar-refractivity contribution < 1.29 is 18.0 Å². The van der Waals surface area contributed by atoms with E-state index < -0.39 is 28.5 Å². The summed E-state index contributed by atoms with van der Waals surface area (Å²) in [6.07, 6.45) is 1.76. The maximum Gasteiger partial charge on any atom is 0.264 e. The number of halogens is 1. The molecule has 2 amide bonds. The van der Waals surface area contributed by atoms with E-state index in [9.17, 15) is 18.0 Å². The molecule has 0 heterocycles. The Bertz CT molecular complexity index is 1310. The fraction of sp³-hybridized carbons (Fsp3) is 0.310. The molecule has 3 rings (SSSR count). The number of benzene rings is 3. The van der Waals surface area contributed by atoms with Crippen LogP contribution in [0.1, 0.15) is 37.8 Å². The van der Waals surface area contributed by atoms with Crippen LogP contribution in [-0.4, -0.2) is 44.3 Å². The van der Waals surface area contributed by atoms with E-state index in [1.54, 1.807) is 49.4 Å². The molecular weight excluding hydrogens is 566 g/mol. The summed E-state index contributed by atoms with van der Waals surface area (Å²) in [6, 6.07) is 21.7. The Labute approximate surface area is 234 Å². The highest BCUT2D eigenvalue weighted by molar-refractivity contribution is 9.10. The van der Waals surface area contributed by atoms with Gasteiger partial charge in [-0.2, -0.15) is 0 Å². The molecule has 0 aliphatic carbocycles. The third kappa shape index (κ3) is 7.68. The first-order chi connectivity index (χ1) is 18.1. The number of nitrogens with zero attached hydrogens (tertiary/aromatic N) is 2. The van der Waals surface area contributed by atoms with E-state index in [4.69, 9.17) is 0 Å². The minimum Gasteiger partial charge on any atom is -0.354 e. The van der Waals surface area contributed by atoms with Gasteiger partial charge in [0.15, 0.2) is 0 Å². The highest BCUT2D eigenvalue weighted by atomic mass is 79.9. The zero-order chi connectivity index (χ0) is 27.7. The molecular formula is C29H34BrN3O4S. The lowest BCUT2D eigenvalue weighted by Crippen LogP contribution is -2.51. The molecule has 0 spiro atoms. The molecule has 0 aromatic heterocycles. The topological polar surface area (TPSA) is 86.8 Å². The van der Waals surface area contributed by atoms with E-state index in [1.165, 1.54) is 17.0 Å². The second kappa shape index (κ2) is 13.6. The average Bonchev–Trinajstić information content (AvgIpc) is 2.92. The van der Waals surface area contributed by atoms with Crippen molar-refractivity contribution in [3.8, 4) is 0 Å². The van der Waals surface area contributed by atoms with Gasteiger partial charge < -0.3 is 10.2 Å². The fourth-order valence-electron chi connectivity index (χ4n) is 3.86. The van der Waals surface area contributed by atoms with Crippen LogP contribution in [0.2, 0.25) is 0 Å². The van der Waals surface area contributed by atoms with Gasteiger partial charge in [0.05, 0.1) is 10.6 Å². The first-order valence-corrected chi connectivity index (χ1v) is 14.8. The maximum atomic E-state index is 13.8. The number of nitrogens with one attached hydrogen (secondary N) is 1. The van der Waals surface area contributed by atoms with Gasteiger partial charge in [-0.05, 0) is 62.2 Å². The lowest BCUT2D eigenvalue weighted by atomic mass is 10.1. The summed E-state index contributed by atoms with van der Waals surface area (Å²) in [7, 11) is -4.06. The Morgan fingerprint density at radius 3 is 2.18 bits per heavy atom. The van der Waals surface area contributed by atoms with Crippen molar-refractivity contribution in [3.05, 3.63) is 94.5 Å². The van der Waals surface area contributed by atoms with Crippen LogP contribution in [0.5, 0.6) is 0 Å². The third-order valence-electron chi connectivity index (χ3n) is 6.20. The van der Waals surface area contributed by atoms with Crippen LogP contribution in [0, 0.1) is 6.92 Å². The number of rotatable bonds is 12. The number of carbonyl (C=O) groups is 2. The number of sulfonamides is 1. The summed E-state index contributed by atoms with van der Waals surface area (Å²) < 4.78 is 29.4. The standard InChI is InChI=1S/C29H34BrN3O4S/c1-4-5-19-31-29(35)23(3)32(20-24-13-15-25(30)16-14-24)28(34)21-33(26-17-11-22(2)12-18-26)38(36,37)27-9-7-6-8-10-27/h6-18,23H,4-5,19-21H2,1-3H3,(H,31,35). The van der Waals surface area contributed by atoms with E-state index in [1.807, 2.05) is 38.1 Å². The average molecular weight is 601 g/mol. The molecule has 9 heteroatoms. The van der Waals surface area contributed by atoms with Gasteiger partial charge in [0.25, 0.3) is 10.0 Å². The number of amides is 2. The van der Waals surface area contributed by atoms with Crippen LogP contribution in [0.25, 0.3) is 0 Å². The maximum absolute atomic E-state index is 13.8. The molecule has 0 saturated heterocycles. The second-order valence-corrected chi connectivity index (χ2v) is 11.9. The van der Waals surface area contributed by atoms with Crippen LogP contribution in [0.3, 0.4) is 0 Å². The first-order valence-electron chi connectivity index (χ1n) is 12.6. The summed E-state index contributed by atoms with van der Waals surface area (Å²) >= 11 is 3.42. The number of hydrogen-bond acceptors (Lipinski definition) is 4. The molecule has 0 aliphatic heterocycles. The van der Waals surface area contributed by atoms with Crippen molar-refractivity contribution in [1.82, 2.24) is 10.2 Å². The quantitative estimate of drug-likeness (QED) is 0.287. The van der Waals surface area contributed by atoms with Crippen molar-refractivity contribution in [2.45, 2.75) is 51.1 Å². The first kappa shape index (κ1) is 29.4. The zero-order valence-electron chi connectivity index (χ0n) is 21.9. The Hall–Kier alpha value is -3.17. The molecule has 0 radical (unpaired) electrons. The van der Waals surface area contributed by atoms with Crippen molar-refractivity contribution in [2.24, 2.45) is 0 Å². The lowest BCUT2D eigenvalue weighted by molar-refractivity contribution is -0.139. The van der Waals surface area contributed by atoms with Gasteiger partial charge in [-0.1, -0.05) is 77.3 Å². The van der Waals surface area contributed by atoms with Gasteiger partial charge in [-0.3, -0.25) is 13.9 Å². The molecule has 3 aromatic rings. The van der Waals surface area contributed by atoms with Gasteiger partial charge in [-0.15, -0.1) is 0 Å². The van der Waals surface area contributed by atoms with Crippen LogP contribution in [0.15, 0.2) is 88.2 Å². The number of unbranched alkanes of at least 4 members (excludes halogenated alkanes) is 1. The highest BCUT2D eigenvalue weighted by Crippen LogP contribution is 2.25. The molecule has 38 heavy (non-hydrogen) atoms. The predicted molar refractivity (Wildman–Crippen MR) is 154 cm³/mol. The number of anilines is 1. The van der Waals surface area contributed by atoms with Crippen molar-refractivity contribution in [1.29, 1.82) is 0 Å². The Morgan fingerprint density at radius 2 is 1.58 bits per heavy atom. The minimum atomic E-state index is -4.06. The van der Waals surface area contributed by atoms with Crippen molar-refractivity contribution in [3.63, 3.8) is 0 Å². The van der Waals surface area contributed by atoms with E-state index in [0.717, 1.165) is 32.7 Å². The molecule has 1 atom stereocenters. The van der Waals surface area contributed by atoms with Crippen LogP contribution >= 0.6 is 15.9 Å². The smallest absolute Gasteiger partial charge is 0.264 e. The molecule has 1 unspecified atom stereocenters. The van der Waals surface area contributed by atoms with Gasteiger partial charge in [0.1, 0.15) is 12.6 Å². The van der Waals surface area contributed by atoms with Crippen LogP contribution < -0.4 is 9.62 Å². The summed E-state index contributed by atoms with van der Waals surface area (Å²) in [5.41, 5.74) is 2.16. The molecule has 202 valence electrons. The van der Waals surface area contributed by atoms with E-state index >= 15 is 0 Å². The summed E-state index contributed by atoms with van der Waals surface area (Å²) in [6.45, 7) is 5.82. The molecule has 0 saturated carbocycles. The monoisotopic (exact) mass is 599 g/mol. The SMILES string of the molecule is CCCCNC(=O)C(C)N(Cc1ccc(Br)cc1)C(=O)CN(c1ccc(C)cc1)S(=O)(=O)c1ccccc1. The summed E-state index contributed by atoms with van der Waals surface area (Å²) in [5.74, 6) is -0.761. The van der Waals surface area contributed by atoms with Gasteiger partial charge in [-0.25, -0.2) is 8.42 Å². The van der Waals surface area contributed by atoms with Crippen molar-refractivity contribution >= 4 is 43.5 Å². The van der Waals surface area contributed by atoms with Crippen LogP contribution in [0.4, 0.5) is 5.69 Å². The molecule has 1 N–H and O–H groups in total. The lowest BCUT2D eigenvalue weighted by Gasteiger charge is -2.32. The molecule has 0 bridgehead atoms. The summed E-state index contributed by atoms with van der Waals surface area (Å²) in [4.78, 5) is 28.3. The van der Waals surface area contributed by atoms with E-state index in [2.05, 4.69) is 21.2 Å². The fourth-order valence-corrected chi connectivity index (χ4v) is 5.56. The van der Waals surface area contributed by atoms with Crippen LogP contribution in [-0.2, 0) is 26.2 Å².